The molecule has 2 aromatic heterocycles. The van der Waals surface area contributed by atoms with Gasteiger partial charge in [-0.2, -0.15) is 0 Å². The number of piperidine rings is 1. The third kappa shape index (κ3) is 3.56. The Bertz CT molecular complexity index is 864. The average molecular weight is 364 g/mol. The van der Waals surface area contributed by atoms with Crippen LogP contribution in [0.3, 0.4) is 0 Å². The Hall–Kier alpha value is -2.40. The van der Waals surface area contributed by atoms with Gasteiger partial charge >= 0.3 is 0 Å². The molecule has 1 atom stereocenters. The Kier molecular flexibility index (Phi) is 5.39. The van der Waals surface area contributed by atoms with Gasteiger partial charge in [0.1, 0.15) is 5.69 Å². The Morgan fingerprint density at radius 1 is 1.00 bits per heavy atom. The SMILES string of the molecule is CCN1CCCCC1Cn1cnc(-c2ccccc2)c1-c1nccn1CC. The summed E-state index contributed by atoms with van der Waals surface area (Å²) in [5.74, 6) is 1.01. The molecule has 0 bridgehead atoms. The van der Waals surface area contributed by atoms with Crippen LogP contribution in [0.4, 0.5) is 0 Å². The predicted octanol–water partition coefficient (Wildman–Crippen LogP) is 4.31. The summed E-state index contributed by atoms with van der Waals surface area (Å²) in [4.78, 5) is 12.1. The summed E-state index contributed by atoms with van der Waals surface area (Å²) in [5.41, 5.74) is 3.30. The summed E-state index contributed by atoms with van der Waals surface area (Å²) in [7, 11) is 0. The molecule has 0 N–H and O–H groups in total. The Labute approximate surface area is 161 Å². The lowest BCUT2D eigenvalue weighted by atomic mass is 10.0. The fourth-order valence-corrected chi connectivity index (χ4v) is 4.25. The van der Waals surface area contributed by atoms with Crippen molar-refractivity contribution >= 4 is 0 Å². The van der Waals surface area contributed by atoms with Crippen molar-refractivity contribution in [3.05, 3.63) is 49.1 Å². The number of likely N-dealkylation sites (N-methyl/N-ethyl adjacent to an activating group) is 1. The molecule has 0 aliphatic carbocycles. The van der Waals surface area contributed by atoms with Crippen molar-refractivity contribution in [3.63, 3.8) is 0 Å². The standard InChI is InChI=1S/C22H29N5/c1-3-25-14-9-8-12-19(25)16-27-17-24-20(18-10-6-5-7-11-18)21(27)22-23-13-15-26(22)4-2/h5-7,10-11,13,15,17,19H,3-4,8-9,12,14,16H2,1-2H3. The maximum absolute atomic E-state index is 4.83. The number of hydrogen-bond donors (Lipinski definition) is 0. The molecular formula is C22H29N5. The van der Waals surface area contributed by atoms with Gasteiger partial charge in [-0.15, -0.1) is 0 Å². The van der Waals surface area contributed by atoms with Gasteiger partial charge < -0.3 is 9.13 Å². The van der Waals surface area contributed by atoms with Crippen LogP contribution < -0.4 is 0 Å². The minimum atomic E-state index is 0.574. The second-order valence-electron chi connectivity index (χ2n) is 7.28. The van der Waals surface area contributed by atoms with Crippen LogP contribution in [0.1, 0.15) is 33.1 Å². The zero-order valence-corrected chi connectivity index (χ0v) is 16.4. The first-order valence-corrected chi connectivity index (χ1v) is 10.2. The molecule has 0 spiro atoms. The second kappa shape index (κ2) is 8.09. The summed E-state index contributed by atoms with van der Waals surface area (Å²) >= 11 is 0. The van der Waals surface area contributed by atoms with Crippen LogP contribution in [0.15, 0.2) is 49.1 Å². The van der Waals surface area contributed by atoms with E-state index in [1.807, 2.05) is 18.6 Å². The molecule has 1 aromatic carbocycles. The molecule has 0 amide bonds. The summed E-state index contributed by atoms with van der Waals surface area (Å²) in [5, 5.41) is 0. The van der Waals surface area contributed by atoms with Crippen molar-refractivity contribution in [3.8, 4) is 22.8 Å². The van der Waals surface area contributed by atoms with E-state index in [9.17, 15) is 0 Å². The predicted molar refractivity (Wildman–Crippen MR) is 109 cm³/mol. The van der Waals surface area contributed by atoms with Gasteiger partial charge in [0.15, 0.2) is 5.82 Å². The quantitative estimate of drug-likeness (QED) is 0.655. The van der Waals surface area contributed by atoms with Gasteiger partial charge in [0, 0.05) is 37.1 Å². The highest BCUT2D eigenvalue weighted by molar-refractivity contribution is 5.75. The van der Waals surface area contributed by atoms with Crippen LogP contribution in [0.25, 0.3) is 22.8 Å². The van der Waals surface area contributed by atoms with Gasteiger partial charge in [-0.1, -0.05) is 43.7 Å². The maximum Gasteiger partial charge on any atom is 0.158 e. The topological polar surface area (TPSA) is 38.9 Å². The number of rotatable bonds is 6. The van der Waals surface area contributed by atoms with E-state index in [1.54, 1.807) is 0 Å². The van der Waals surface area contributed by atoms with Crippen molar-refractivity contribution in [2.45, 2.75) is 52.2 Å². The first kappa shape index (κ1) is 18.0. The normalized spacial score (nSPS) is 18.1. The van der Waals surface area contributed by atoms with E-state index in [0.717, 1.165) is 42.4 Å². The summed E-state index contributed by atoms with van der Waals surface area (Å²) in [6.45, 7) is 8.63. The smallest absolute Gasteiger partial charge is 0.158 e. The van der Waals surface area contributed by atoms with Crippen LogP contribution in [0.5, 0.6) is 0 Å². The highest BCUT2D eigenvalue weighted by atomic mass is 15.2. The third-order valence-corrected chi connectivity index (χ3v) is 5.72. The molecule has 0 radical (unpaired) electrons. The molecule has 4 rings (SSSR count). The van der Waals surface area contributed by atoms with Crippen LogP contribution >= 0.6 is 0 Å². The largest absolute Gasteiger partial charge is 0.330 e. The lowest BCUT2D eigenvalue weighted by Gasteiger charge is -2.35. The zero-order chi connectivity index (χ0) is 18.6. The molecule has 1 saturated heterocycles. The number of imidazole rings is 2. The van der Waals surface area contributed by atoms with E-state index < -0.39 is 0 Å². The van der Waals surface area contributed by atoms with Crippen LogP contribution in [0.2, 0.25) is 0 Å². The van der Waals surface area contributed by atoms with Gasteiger partial charge in [-0.05, 0) is 32.9 Å². The number of likely N-dealkylation sites (tertiary alicyclic amines) is 1. The molecule has 3 aromatic rings. The van der Waals surface area contributed by atoms with Gasteiger partial charge in [0.25, 0.3) is 0 Å². The number of nitrogens with zero attached hydrogens (tertiary/aromatic N) is 5. The first-order valence-electron chi connectivity index (χ1n) is 10.2. The van der Waals surface area contributed by atoms with Gasteiger partial charge in [-0.25, -0.2) is 9.97 Å². The average Bonchev–Trinajstić information content (AvgIpc) is 3.35. The fourth-order valence-electron chi connectivity index (χ4n) is 4.25. The molecule has 5 heteroatoms. The third-order valence-electron chi connectivity index (χ3n) is 5.72. The lowest BCUT2D eigenvalue weighted by molar-refractivity contribution is 0.140. The van der Waals surface area contributed by atoms with E-state index in [2.05, 4.69) is 58.3 Å². The highest BCUT2D eigenvalue weighted by Gasteiger charge is 2.25. The molecule has 5 nitrogen and oxygen atoms in total. The van der Waals surface area contributed by atoms with Crippen molar-refractivity contribution in [2.75, 3.05) is 13.1 Å². The minimum absolute atomic E-state index is 0.574. The van der Waals surface area contributed by atoms with Crippen molar-refractivity contribution in [2.24, 2.45) is 0 Å². The monoisotopic (exact) mass is 363 g/mol. The van der Waals surface area contributed by atoms with Crippen molar-refractivity contribution < 1.29 is 0 Å². The van der Waals surface area contributed by atoms with Gasteiger partial charge in [-0.3, -0.25) is 4.90 Å². The van der Waals surface area contributed by atoms with E-state index in [4.69, 9.17) is 9.97 Å². The Balaban J connectivity index is 1.77. The van der Waals surface area contributed by atoms with Crippen LogP contribution in [-0.4, -0.2) is 43.1 Å². The molecule has 27 heavy (non-hydrogen) atoms. The number of hydrogen-bond acceptors (Lipinski definition) is 3. The first-order chi connectivity index (χ1) is 13.3. The minimum Gasteiger partial charge on any atom is -0.330 e. The van der Waals surface area contributed by atoms with E-state index in [-0.39, 0.29) is 0 Å². The zero-order valence-electron chi connectivity index (χ0n) is 16.4. The molecule has 3 heterocycles. The van der Waals surface area contributed by atoms with Crippen molar-refractivity contribution in [1.29, 1.82) is 0 Å². The molecule has 1 fully saturated rings. The second-order valence-corrected chi connectivity index (χ2v) is 7.28. The molecule has 0 saturated carbocycles. The number of aryl methyl sites for hydroxylation is 1. The van der Waals surface area contributed by atoms with E-state index in [1.165, 1.54) is 25.8 Å². The van der Waals surface area contributed by atoms with Gasteiger partial charge in [0.2, 0.25) is 0 Å². The molecule has 1 unspecified atom stereocenters. The molecule has 1 aliphatic heterocycles. The lowest BCUT2D eigenvalue weighted by Crippen LogP contribution is -2.41. The summed E-state index contributed by atoms with van der Waals surface area (Å²) < 4.78 is 4.54. The van der Waals surface area contributed by atoms with E-state index >= 15 is 0 Å². The van der Waals surface area contributed by atoms with E-state index in [0.29, 0.717) is 6.04 Å². The maximum atomic E-state index is 4.83. The van der Waals surface area contributed by atoms with Gasteiger partial charge in [0.05, 0.1) is 12.0 Å². The van der Waals surface area contributed by atoms with Crippen LogP contribution in [-0.2, 0) is 13.1 Å². The Morgan fingerprint density at radius 2 is 1.85 bits per heavy atom. The molecule has 142 valence electrons. The molecular weight excluding hydrogens is 334 g/mol. The highest BCUT2D eigenvalue weighted by Crippen LogP contribution is 2.31. The number of benzene rings is 1. The fraction of sp³-hybridized carbons (Fsp3) is 0.455. The number of aromatic nitrogens is 4. The molecule has 1 aliphatic rings. The Morgan fingerprint density at radius 3 is 2.63 bits per heavy atom. The van der Waals surface area contributed by atoms with Crippen LogP contribution in [0, 0.1) is 0 Å². The summed E-state index contributed by atoms with van der Waals surface area (Å²) in [6, 6.07) is 11.0. The van der Waals surface area contributed by atoms with Crippen molar-refractivity contribution in [1.82, 2.24) is 24.0 Å². The summed E-state index contributed by atoms with van der Waals surface area (Å²) in [6.07, 6.45) is 9.85.